The number of rotatable bonds is 3. The third-order valence-corrected chi connectivity index (χ3v) is 2.93. The van der Waals surface area contributed by atoms with Gasteiger partial charge >= 0.3 is 5.97 Å². The number of ether oxygens (including phenoxy) is 1. The molecular weight excluding hydrogens is 258 g/mol. The van der Waals surface area contributed by atoms with Crippen LogP contribution in [0.3, 0.4) is 0 Å². The molecule has 0 radical (unpaired) electrons. The number of aromatic carboxylic acids is 1. The van der Waals surface area contributed by atoms with Gasteiger partial charge in [0, 0.05) is 11.8 Å². The van der Waals surface area contributed by atoms with Crippen molar-refractivity contribution in [2.24, 2.45) is 0 Å². The van der Waals surface area contributed by atoms with E-state index in [1.807, 2.05) is 24.3 Å². The van der Waals surface area contributed by atoms with Crippen LogP contribution in [0.15, 0.2) is 42.6 Å². The van der Waals surface area contributed by atoms with Crippen molar-refractivity contribution in [3.63, 3.8) is 0 Å². The van der Waals surface area contributed by atoms with Crippen LogP contribution in [0.25, 0.3) is 17.0 Å². The molecular formula is C14H11N3O3. The van der Waals surface area contributed by atoms with E-state index in [9.17, 15) is 4.79 Å². The van der Waals surface area contributed by atoms with E-state index in [-0.39, 0.29) is 5.56 Å². The van der Waals surface area contributed by atoms with E-state index < -0.39 is 5.97 Å². The number of methoxy groups -OCH3 is 1. The monoisotopic (exact) mass is 269 g/mol. The first-order chi connectivity index (χ1) is 9.67. The fourth-order valence-electron chi connectivity index (χ4n) is 1.87. The van der Waals surface area contributed by atoms with E-state index in [1.54, 1.807) is 13.2 Å². The SMILES string of the molecule is COc1ccc(-c2nc3ccc(C(=O)O)cn3n2)cc1. The van der Waals surface area contributed by atoms with Gasteiger partial charge in [0.1, 0.15) is 5.75 Å². The number of pyridine rings is 1. The highest BCUT2D eigenvalue weighted by Crippen LogP contribution is 2.20. The van der Waals surface area contributed by atoms with Gasteiger partial charge < -0.3 is 9.84 Å². The van der Waals surface area contributed by atoms with E-state index in [2.05, 4.69) is 10.1 Å². The van der Waals surface area contributed by atoms with Gasteiger partial charge in [0.05, 0.1) is 12.7 Å². The van der Waals surface area contributed by atoms with Crippen molar-refractivity contribution in [1.29, 1.82) is 0 Å². The van der Waals surface area contributed by atoms with Gasteiger partial charge in [-0.2, -0.15) is 0 Å². The Bertz CT molecular complexity index is 778. The van der Waals surface area contributed by atoms with Gasteiger partial charge in [-0.15, -0.1) is 5.10 Å². The maximum Gasteiger partial charge on any atom is 0.337 e. The van der Waals surface area contributed by atoms with Crippen molar-refractivity contribution in [3.8, 4) is 17.1 Å². The lowest BCUT2D eigenvalue weighted by molar-refractivity contribution is 0.0696. The van der Waals surface area contributed by atoms with Gasteiger partial charge in [-0.1, -0.05) is 0 Å². The quantitative estimate of drug-likeness (QED) is 0.788. The zero-order chi connectivity index (χ0) is 14.1. The number of nitrogens with zero attached hydrogens (tertiary/aromatic N) is 3. The number of hydrogen-bond acceptors (Lipinski definition) is 4. The number of hydrogen-bond donors (Lipinski definition) is 1. The molecule has 0 fully saturated rings. The normalized spacial score (nSPS) is 10.7. The average Bonchev–Trinajstić information content (AvgIpc) is 2.90. The van der Waals surface area contributed by atoms with Gasteiger partial charge in [-0.3, -0.25) is 0 Å². The standard InChI is InChI=1S/C14H11N3O3/c1-20-11-5-2-9(3-6-11)13-15-12-7-4-10(14(18)19)8-17(12)16-13/h2-8H,1H3,(H,18,19). The summed E-state index contributed by atoms with van der Waals surface area (Å²) in [4.78, 5) is 15.3. The molecule has 1 N–H and O–H groups in total. The second-order valence-corrected chi connectivity index (χ2v) is 4.19. The van der Waals surface area contributed by atoms with Crippen molar-refractivity contribution in [2.45, 2.75) is 0 Å². The Hall–Kier alpha value is -2.89. The molecule has 6 heteroatoms. The highest BCUT2D eigenvalue weighted by Gasteiger charge is 2.09. The summed E-state index contributed by atoms with van der Waals surface area (Å²) in [6, 6.07) is 10.5. The number of carbonyl (C=O) groups is 1. The summed E-state index contributed by atoms with van der Waals surface area (Å²) in [7, 11) is 1.60. The molecule has 2 heterocycles. The average molecular weight is 269 g/mol. The first-order valence-electron chi connectivity index (χ1n) is 5.91. The molecule has 100 valence electrons. The summed E-state index contributed by atoms with van der Waals surface area (Å²) in [5.41, 5.74) is 1.61. The second-order valence-electron chi connectivity index (χ2n) is 4.19. The molecule has 0 atom stereocenters. The molecule has 3 rings (SSSR count). The van der Waals surface area contributed by atoms with Crippen LogP contribution >= 0.6 is 0 Å². The van der Waals surface area contributed by atoms with Crippen molar-refractivity contribution in [2.75, 3.05) is 7.11 Å². The number of fused-ring (bicyclic) bond motifs is 1. The Morgan fingerprint density at radius 1 is 1.20 bits per heavy atom. The smallest absolute Gasteiger partial charge is 0.337 e. The van der Waals surface area contributed by atoms with Crippen LogP contribution in [0.4, 0.5) is 0 Å². The second kappa shape index (κ2) is 4.65. The molecule has 1 aromatic carbocycles. The van der Waals surface area contributed by atoms with Crippen LogP contribution in [0.5, 0.6) is 5.75 Å². The summed E-state index contributed by atoms with van der Waals surface area (Å²) < 4.78 is 6.56. The fraction of sp³-hybridized carbons (Fsp3) is 0.0714. The largest absolute Gasteiger partial charge is 0.497 e. The summed E-state index contributed by atoms with van der Waals surface area (Å²) in [5.74, 6) is 0.300. The van der Waals surface area contributed by atoms with Crippen LogP contribution in [0, 0.1) is 0 Å². The van der Waals surface area contributed by atoms with E-state index in [4.69, 9.17) is 9.84 Å². The number of carboxylic acid groups (broad SMARTS) is 1. The Morgan fingerprint density at radius 2 is 1.95 bits per heavy atom. The number of benzene rings is 1. The van der Waals surface area contributed by atoms with E-state index in [0.717, 1.165) is 11.3 Å². The maximum absolute atomic E-state index is 10.9. The van der Waals surface area contributed by atoms with Crippen LogP contribution < -0.4 is 4.74 Å². The van der Waals surface area contributed by atoms with Crippen molar-refractivity contribution in [1.82, 2.24) is 14.6 Å². The molecule has 0 saturated carbocycles. The molecule has 20 heavy (non-hydrogen) atoms. The lowest BCUT2D eigenvalue weighted by Gasteiger charge is -1.99. The van der Waals surface area contributed by atoms with Gasteiger partial charge in [-0.05, 0) is 36.4 Å². The minimum Gasteiger partial charge on any atom is -0.497 e. The predicted octanol–water partition coefficient (Wildman–Crippen LogP) is 2.10. The van der Waals surface area contributed by atoms with Crippen LogP contribution in [0.1, 0.15) is 10.4 Å². The predicted molar refractivity (Wildman–Crippen MR) is 71.9 cm³/mol. The van der Waals surface area contributed by atoms with Crippen molar-refractivity contribution < 1.29 is 14.6 Å². The highest BCUT2D eigenvalue weighted by molar-refractivity contribution is 5.87. The molecule has 6 nitrogen and oxygen atoms in total. The molecule has 0 aliphatic rings. The van der Waals surface area contributed by atoms with Gasteiger partial charge in [0.25, 0.3) is 0 Å². The zero-order valence-electron chi connectivity index (χ0n) is 10.6. The topological polar surface area (TPSA) is 76.7 Å². The summed E-state index contributed by atoms with van der Waals surface area (Å²) in [6.45, 7) is 0. The Kier molecular flexibility index (Phi) is 2.83. The molecule has 0 unspecified atom stereocenters. The van der Waals surface area contributed by atoms with Gasteiger partial charge in [0.2, 0.25) is 0 Å². The Labute approximate surface area is 114 Å². The van der Waals surface area contributed by atoms with Crippen LogP contribution in [0.2, 0.25) is 0 Å². The lowest BCUT2D eigenvalue weighted by Crippen LogP contribution is -1.99. The Morgan fingerprint density at radius 3 is 2.60 bits per heavy atom. The molecule has 0 aliphatic heterocycles. The van der Waals surface area contributed by atoms with E-state index in [1.165, 1.54) is 16.8 Å². The van der Waals surface area contributed by atoms with E-state index >= 15 is 0 Å². The molecule has 0 bridgehead atoms. The molecule has 3 aromatic rings. The molecule has 2 aromatic heterocycles. The molecule has 0 saturated heterocycles. The third-order valence-electron chi connectivity index (χ3n) is 2.93. The number of carboxylic acids is 1. The Balaban J connectivity index is 2.05. The minimum absolute atomic E-state index is 0.170. The minimum atomic E-state index is -0.992. The van der Waals surface area contributed by atoms with Crippen molar-refractivity contribution in [3.05, 3.63) is 48.2 Å². The zero-order valence-corrected chi connectivity index (χ0v) is 10.6. The van der Waals surface area contributed by atoms with E-state index in [0.29, 0.717) is 11.5 Å². The summed E-state index contributed by atoms with van der Waals surface area (Å²) >= 11 is 0. The first-order valence-corrected chi connectivity index (χ1v) is 5.91. The molecule has 0 amide bonds. The fourth-order valence-corrected chi connectivity index (χ4v) is 1.87. The summed E-state index contributed by atoms with van der Waals surface area (Å²) in [5, 5.41) is 13.2. The summed E-state index contributed by atoms with van der Waals surface area (Å²) in [6.07, 6.45) is 1.44. The molecule has 0 spiro atoms. The highest BCUT2D eigenvalue weighted by atomic mass is 16.5. The van der Waals surface area contributed by atoms with Crippen molar-refractivity contribution >= 4 is 11.6 Å². The first kappa shape index (κ1) is 12.2. The number of aromatic nitrogens is 3. The molecule has 0 aliphatic carbocycles. The van der Waals surface area contributed by atoms with Gasteiger partial charge in [0.15, 0.2) is 11.5 Å². The van der Waals surface area contributed by atoms with Crippen LogP contribution in [-0.2, 0) is 0 Å². The third kappa shape index (κ3) is 2.07. The van der Waals surface area contributed by atoms with Gasteiger partial charge in [-0.25, -0.2) is 14.3 Å². The lowest BCUT2D eigenvalue weighted by atomic mass is 10.2. The maximum atomic E-state index is 10.9. The van der Waals surface area contributed by atoms with Crippen LogP contribution in [-0.4, -0.2) is 32.8 Å².